The molecule has 0 amide bonds. The molecule has 0 bridgehead atoms. The predicted molar refractivity (Wildman–Crippen MR) is 46.8 cm³/mol. The lowest BCUT2D eigenvalue weighted by Gasteiger charge is -2.27. The summed E-state index contributed by atoms with van der Waals surface area (Å²) in [5, 5.41) is 9.98. The second-order valence-corrected chi connectivity index (χ2v) is 5.25. The second-order valence-electron chi connectivity index (χ2n) is 5.25. The lowest BCUT2D eigenvalue weighted by atomic mass is 9.85. The van der Waals surface area contributed by atoms with E-state index in [1.165, 1.54) is 0 Å². The van der Waals surface area contributed by atoms with Crippen molar-refractivity contribution in [1.82, 2.24) is 0 Å². The van der Waals surface area contributed by atoms with Crippen LogP contribution in [0.1, 0.15) is 20.8 Å². The van der Waals surface area contributed by atoms with Crippen LogP contribution in [0.5, 0.6) is 0 Å². The molecule has 12 heavy (non-hydrogen) atoms. The van der Waals surface area contributed by atoms with E-state index in [9.17, 15) is 5.11 Å². The van der Waals surface area contributed by atoms with Crippen LogP contribution >= 0.6 is 0 Å². The van der Waals surface area contributed by atoms with Crippen molar-refractivity contribution in [3.8, 4) is 0 Å². The van der Waals surface area contributed by atoms with E-state index in [0.717, 1.165) is 13.2 Å². The zero-order valence-electron chi connectivity index (χ0n) is 8.08. The van der Waals surface area contributed by atoms with Crippen molar-refractivity contribution in [3.05, 3.63) is 0 Å². The van der Waals surface area contributed by atoms with Gasteiger partial charge in [0.05, 0.1) is 19.3 Å². The average Bonchev–Trinajstić information content (AvgIpc) is 2.39. The van der Waals surface area contributed by atoms with E-state index in [-0.39, 0.29) is 11.5 Å². The first-order valence-corrected chi connectivity index (χ1v) is 4.77. The summed E-state index contributed by atoms with van der Waals surface area (Å²) in [4.78, 5) is 0. The quantitative estimate of drug-likeness (QED) is 0.642. The number of ether oxygens (including phenoxy) is 1. The van der Waals surface area contributed by atoms with Gasteiger partial charge in [0.1, 0.15) is 0 Å². The van der Waals surface area contributed by atoms with Gasteiger partial charge in [0, 0.05) is 0 Å². The monoisotopic (exact) mass is 170 g/mol. The highest BCUT2D eigenvalue weighted by atomic mass is 16.5. The Balaban J connectivity index is 1.96. The van der Waals surface area contributed by atoms with Crippen LogP contribution in [0.2, 0.25) is 0 Å². The SMILES string of the molecule is CC(C)(C)C(O)C1C2COCC21. The summed E-state index contributed by atoms with van der Waals surface area (Å²) in [6.45, 7) is 8.07. The van der Waals surface area contributed by atoms with E-state index in [4.69, 9.17) is 4.74 Å². The van der Waals surface area contributed by atoms with Crippen molar-refractivity contribution in [2.75, 3.05) is 13.2 Å². The Labute approximate surface area is 73.9 Å². The molecule has 2 aliphatic rings. The van der Waals surface area contributed by atoms with Crippen LogP contribution in [0, 0.1) is 23.2 Å². The molecule has 0 radical (unpaired) electrons. The topological polar surface area (TPSA) is 29.5 Å². The van der Waals surface area contributed by atoms with Gasteiger partial charge < -0.3 is 9.84 Å². The lowest BCUT2D eigenvalue weighted by molar-refractivity contribution is 0.0166. The molecule has 1 saturated heterocycles. The summed E-state index contributed by atoms with van der Waals surface area (Å²) >= 11 is 0. The third-order valence-electron chi connectivity index (χ3n) is 3.27. The van der Waals surface area contributed by atoms with Crippen LogP contribution in [0.15, 0.2) is 0 Å². The van der Waals surface area contributed by atoms with Gasteiger partial charge in [0.25, 0.3) is 0 Å². The van der Waals surface area contributed by atoms with E-state index < -0.39 is 0 Å². The van der Waals surface area contributed by atoms with Crippen molar-refractivity contribution in [3.63, 3.8) is 0 Å². The van der Waals surface area contributed by atoms with E-state index in [0.29, 0.717) is 17.8 Å². The van der Waals surface area contributed by atoms with Crippen LogP contribution in [0.4, 0.5) is 0 Å². The second kappa shape index (κ2) is 2.46. The minimum atomic E-state index is -0.142. The molecule has 70 valence electrons. The van der Waals surface area contributed by atoms with Crippen LogP contribution in [0.3, 0.4) is 0 Å². The minimum absolute atomic E-state index is 0.0367. The Morgan fingerprint density at radius 3 is 2.17 bits per heavy atom. The number of fused-ring (bicyclic) bond motifs is 1. The summed E-state index contributed by atoms with van der Waals surface area (Å²) in [5.74, 6) is 1.86. The van der Waals surface area contributed by atoms with Crippen LogP contribution in [-0.2, 0) is 4.74 Å². The maximum atomic E-state index is 9.98. The highest BCUT2D eigenvalue weighted by molar-refractivity contribution is 5.05. The van der Waals surface area contributed by atoms with Gasteiger partial charge in [-0.25, -0.2) is 0 Å². The van der Waals surface area contributed by atoms with Gasteiger partial charge in [-0.05, 0) is 23.2 Å². The summed E-state index contributed by atoms with van der Waals surface area (Å²) in [6.07, 6.45) is -0.142. The maximum Gasteiger partial charge on any atom is 0.0623 e. The van der Waals surface area contributed by atoms with Crippen molar-refractivity contribution in [1.29, 1.82) is 0 Å². The van der Waals surface area contributed by atoms with Crippen molar-refractivity contribution >= 4 is 0 Å². The van der Waals surface area contributed by atoms with Gasteiger partial charge in [-0.2, -0.15) is 0 Å². The number of aliphatic hydroxyl groups is 1. The fourth-order valence-corrected chi connectivity index (χ4v) is 2.33. The van der Waals surface area contributed by atoms with Gasteiger partial charge in [-0.15, -0.1) is 0 Å². The summed E-state index contributed by atoms with van der Waals surface area (Å²) < 4.78 is 5.29. The van der Waals surface area contributed by atoms with Crippen LogP contribution in [-0.4, -0.2) is 24.4 Å². The molecular weight excluding hydrogens is 152 g/mol. The summed E-state index contributed by atoms with van der Waals surface area (Å²) in [5.41, 5.74) is 0.0367. The first kappa shape index (κ1) is 8.52. The third-order valence-corrected chi connectivity index (χ3v) is 3.27. The van der Waals surface area contributed by atoms with Gasteiger partial charge in [0.2, 0.25) is 0 Å². The summed E-state index contributed by atoms with van der Waals surface area (Å²) in [7, 11) is 0. The largest absolute Gasteiger partial charge is 0.392 e. The van der Waals surface area contributed by atoms with Gasteiger partial charge >= 0.3 is 0 Å². The highest BCUT2D eigenvalue weighted by Gasteiger charge is 2.58. The van der Waals surface area contributed by atoms with E-state index in [1.54, 1.807) is 0 Å². The average molecular weight is 170 g/mol. The van der Waals surface area contributed by atoms with Crippen molar-refractivity contribution in [2.24, 2.45) is 23.2 Å². The van der Waals surface area contributed by atoms with Gasteiger partial charge in [0.15, 0.2) is 0 Å². The van der Waals surface area contributed by atoms with Gasteiger partial charge in [-0.3, -0.25) is 0 Å². The molecule has 3 unspecified atom stereocenters. The fourth-order valence-electron chi connectivity index (χ4n) is 2.33. The molecule has 1 saturated carbocycles. The zero-order valence-corrected chi connectivity index (χ0v) is 8.08. The first-order chi connectivity index (χ1) is 5.52. The Morgan fingerprint density at radius 2 is 1.75 bits per heavy atom. The normalized spacial score (nSPS) is 42.5. The molecule has 0 aromatic heterocycles. The molecule has 3 atom stereocenters. The molecule has 1 aliphatic carbocycles. The Morgan fingerprint density at radius 1 is 1.25 bits per heavy atom. The molecule has 1 aliphatic heterocycles. The fraction of sp³-hybridized carbons (Fsp3) is 1.00. The minimum Gasteiger partial charge on any atom is -0.392 e. The van der Waals surface area contributed by atoms with E-state index in [1.807, 2.05) is 0 Å². The Bertz CT molecular complexity index is 173. The molecule has 1 N–H and O–H groups in total. The summed E-state index contributed by atoms with van der Waals surface area (Å²) in [6, 6.07) is 0. The molecule has 2 fully saturated rings. The van der Waals surface area contributed by atoms with Crippen molar-refractivity contribution in [2.45, 2.75) is 26.9 Å². The molecule has 0 spiro atoms. The first-order valence-electron chi connectivity index (χ1n) is 4.77. The van der Waals surface area contributed by atoms with E-state index in [2.05, 4.69) is 20.8 Å². The number of hydrogen-bond acceptors (Lipinski definition) is 2. The molecule has 1 heterocycles. The van der Waals surface area contributed by atoms with Crippen LogP contribution < -0.4 is 0 Å². The van der Waals surface area contributed by atoms with E-state index >= 15 is 0 Å². The molecule has 2 heteroatoms. The molecule has 2 nitrogen and oxygen atoms in total. The lowest BCUT2D eigenvalue weighted by Crippen LogP contribution is -2.30. The highest BCUT2D eigenvalue weighted by Crippen LogP contribution is 2.55. The number of rotatable bonds is 1. The maximum absolute atomic E-state index is 9.98. The van der Waals surface area contributed by atoms with Crippen LogP contribution in [0.25, 0.3) is 0 Å². The Hall–Kier alpha value is -0.0800. The van der Waals surface area contributed by atoms with Crippen molar-refractivity contribution < 1.29 is 9.84 Å². The molecule has 0 aromatic carbocycles. The van der Waals surface area contributed by atoms with Gasteiger partial charge in [-0.1, -0.05) is 20.8 Å². The molecular formula is C10H18O2. The zero-order chi connectivity index (χ0) is 8.93. The predicted octanol–water partition coefficient (Wildman–Crippen LogP) is 1.29. The molecule has 0 aromatic rings. The standard InChI is InChI=1S/C10H18O2/c1-10(2,3)9(11)8-6-4-12-5-7(6)8/h6-9,11H,4-5H2,1-3H3. The molecule has 2 rings (SSSR count). The third kappa shape index (κ3) is 1.17. The smallest absolute Gasteiger partial charge is 0.0623 e. The number of hydrogen-bond donors (Lipinski definition) is 1. The number of aliphatic hydroxyl groups excluding tert-OH is 1. The Kier molecular flexibility index (Phi) is 1.74.